The van der Waals surface area contributed by atoms with Crippen molar-refractivity contribution in [1.82, 2.24) is 5.43 Å². The van der Waals surface area contributed by atoms with E-state index in [0.717, 1.165) is 6.42 Å². The van der Waals surface area contributed by atoms with E-state index in [9.17, 15) is 0 Å². The third-order valence-corrected chi connectivity index (χ3v) is 2.84. The van der Waals surface area contributed by atoms with Gasteiger partial charge in [0.05, 0.1) is 0 Å². The van der Waals surface area contributed by atoms with Crippen molar-refractivity contribution in [2.24, 2.45) is 5.84 Å². The van der Waals surface area contributed by atoms with Gasteiger partial charge in [0.1, 0.15) is 0 Å². The molecule has 0 rings (SSSR count). The highest BCUT2D eigenvalue weighted by molar-refractivity contribution is 4.76. The molecule has 3 N–H and O–H groups in total. The fourth-order valence-electron chi connectivity index (χ4n) is 1.82. The lowest BCUT2D eigenvalue weighted by molar-refractivity contribution is 0.464. The molecule has 2 nitrogen and oxygen atoms in total. The number of rotatable bonds is 11. The Morgan fingerprint density at radius 3 is 2.27 bits per heavy atom. The second kappa shape index (κ2) is 11.7. The Morgan fingerprint density at radius 1 is 1.13 bits per heavy atom. The topological polar surface area (TPSA) is 38.0 Å². The third-order valence-electron chi connectivity index (χ3n) is 2.84. The summed E-state index contributed by atoms with van der Waals surface area (Å²) in [6, 6.07) is 0.429. The quantitative estimate of drug-likeness (QED) is 0.238. The zero-order valence-corrected chi connectivity index (χ0v) is 10.3. The Labute approximate surface area is 95.3 Å². The van der Waals surface area contributed by atoms with Gasteiger partial charge in [-0.25, -0.2) is 0 Å². The molecule has 0 bridgehead atoms. The van der Waals surface area contributed by atoms with Crippen LogP contribution in [0.4, 0.5) is 0 Å². The molecular formula is C13H28N2. The van der Waals surface area contributed by atoms with Crippen LogP contribution < -0.4 is 11.3 Å². The molecule has 0 aliphatic rings. The van der Waals surface area contributed by atoms with Gasteiger partial charge in [-0.2, -0.15) is 0 Å². The Balaban J connectivity index is 3.17. The van der Waals surface area contributed by atoms with Crippen molar-refractivity contribution in [3.8, 4) is 0 Å². The number of nitrogens with two attached hydrogens (primary N) is 1. The lowest BCUT2D eigenvalue weighted by atomic mass is 10.0. The van der Waals surface area contributed by atoms with Crippen molar-refractivity contribution in [2.45, 2.75) is 70.8 Å². The predicted molar refractivity (Wildman–Crippen MR) is 68.5 cm³/mol. The summed E-state index contributed by atoms with van der Waals surface area (Å²) in [7, 11) is 0. The van der Waals surface area contributed by atoms with Crippen molar-refractivity contribution >= 4 is 0 Å². The first-order valence-corrected chi connectivity index (χ1v) is 6.42. The highest BCUT2D eigenvalue weighted by Gasteiger charge is 2.02. The van der Waals surface area contributed by atoms with Crippen LogP contribution in [0.25, 0.3) is 0 Å². The molecule has 0 saturated heterocycles. The molecule has 2 heteroatoms. The first-order chi connectivity index (χ1) is 7.35. The molecule has 0 aromatic rings. The summed E-state index contributed by atoms with van der Waals surface area (Å²) >= 11 is 0. The van der Waals surface area contributed by atoms with Gasteiger partial charge in [0.15, 0.2) is 0 Å². The molecule has 0 fully saturated rings. The second-order valence-corrected chi connectivity index (χ2v) is 4.30. The largest absolute Gasteiger partial charge is 0.271 e. The minimum absolute atomic E-state index is 0.429. The molecule has 0 aliphatic carbocycles. The molecule has 0 radical (unpaired) electrons. The van der Waals surface area contributed by atoms with E-state index in [1.165, 1.54) is 51.4 Å². The van der Waals surface area contributed by atoms with Crippen molar-refractivity contribution in [3.05, 3.63) is 12.7 Å². The summed E-state index contributed by atoms with van der Waals surface area (Å²) in [6.45, 7) is 5.99. The van der Waals surface area contributed by atoms with Crippen molar-refractivity contribution < 1.29 is 0 Å². The molecule has 0 aromatic carbocycles. The van der Waals surface area contributed by atoms with E-state index < -0.39 is 0 Å². The van der Waals surface area contributed by atoms with Crippen molar-refractivity contribution in [2.75, 3.05) is 0 Å². The standard InChI is InChI=1S/C13H28N2/c1-3-5-6-7-8-9-10-12-13(15-14)11-4-2/h4,13,15H,2-3,5-12,14H2,1H3. The molecular weight excluding hydrogens is 184 g/mol. The van der Waals surface area contributed by atoms with E-state index in [4.69, 9.17) is 5.84 Å². The van der Waals surface area contributed by atoms with E-state index in [0.29, 0.717) is 6.04 Å². The molecule has 0 spiro atoms. The van der Waals surface area contributed by atoms with Crippen LogP contribution in [-0.4, -0.2) is 6.04 Å². The van der Waals surface area contributed by atoms with E-state index >= 15 is 0 Å². The van der Waals surface area contributed by atoms with E-state index in [1.54, 1.807) is 0 Å². The summed E-state index contributed by atoms with van der Waals surface area (Å²) in [5.74, 6) is 5.44. The van der Waals surface area contributed by atoms with Crippen LogP contribution in [0.1, 0.15) is 64.7 Å². The third kappa shape index (κ3) is 9.95. The van der Waals surface area contributed by atoms with Gasteiger partial charge in [0.2, 0.25) is 0 Å². The van der Waals surface area contributed by atoms with Gasteiger partial charge in [0, 0.05) is 6.04 Å². The van der Waals surface area contributed by atoms with Crippen LogP contribution in [0, 0.1) is 0 Å². The van der Waals surface area contributed by atoms with Crippen LogP contribution in [0.5, 0.6) is 0 Å². The Bertz CT molecular complexity index is 134. The highest BCUT2D eigenvalue weighted by Crippen LogP contribution is 2.10. The fourth-order valence-corrected chi connectivity index (χ4v) is 1.82. The molecule has 0 aliphatic heterocycles. The summed E-state index contributed by atoms with van der Waals surface area (Å²) in [6.07, 6.45) is 13.6. The lowest BCUT2D eigenvalue weighted by Crippen LogP contribution is -2.34. The van der Waals surface area contributed by atoms with Crippen LogP contribution in [0.15, 0.2) is 12.7 Å². The smallest absolute Gasteiger partial charge is 0.0244 e. The molecule has 0 amide bonds. The van der Waals surface area contributed by atoms with Crippen LogP contribution in [-0.2, 0) is 0 Å². The van der Waals surface area contributed by atoms with E-state index in [1.807, 2.05) is 6.08 Å². The van der Waals surface area contributed by atoms with Gasteiger partial charge in [-0.1, -0.05) is 57.9 Å². The number of hydrogen-bond donors (Lipinski definition) is 2. The molecule has 1 unspecified atom stereocenters. The van der Waals surface area contributed by atoms with Crippen LogP contribution >= 0.6 is 0 Å². The average Bonchev–Trinajstić information content (AvgIpc) is 2.26. The van der Waals surface area contributed by atoms with Crippen molar-refractivity contribution in [3.63, 3.8) is 0 Å². The van der Waals surface area contributed by atoms with Gasteiger partial charge < -0.3 is 0 Å². The molecule has 1 atom stereocenters. The van der Waals surface area contributed by atoms with Gasteiger partial charge in [-0.3, -0.25) is 11.3 Å². The first kappa shape index (κ1) is 14.7. The lowest BCUT2D eigenvalue weighted by Gasteiger charge is -2.12. The van der Waals surface area contributed by atoms with Crippen LogP contribution in [0.2, 0.25) is 0 Å². The Kier molecular flexibility index (Phi) is 11.5. The van der Waals surface area contributed by atoms with Crippen molar-refractivity contribution in [1.29, 1.82) is 0 Å². The number of nitrogens with one attached hydrogen (secondary N) is 1. The summed E-state index contributed by atoms with van der Waals surface area (Å²) < 4.78 is 0. The highest BCUT2D eigenvalue weighted by atomic mass is 15.2. The predicted octanol–water partition coefficient (Wildman–Crippen LogP) is 3.54. The summed E-state index contributed by atoms with van der Waals surface area (Å²) in [5, 5.41) is 0. The Morgan fingerprint density at radius 2 is 1.73 bits per heavy atom. The maximum absolute atomic E-state index is 5.44. The first-order valence-electron chi connectivity index (χ1n) is 6.42. The van der Waals surface area contributed by atoms with Gasteiger partial charge in [0.25, 0.3) is 0 Å². The normalized spacial score (nSPS) is 12.7. The Hall–Kier alpha value is -0.340. The maximum atomic E-state index is 5.44. The number of hydrogen-bond acceptors (Lipinski definition) is 2. The van der Waals surface area contributed by atoms with E-state index in [2.05, 4.69) is 18.9 Å². The maximum Gasteiger partial charge on any atom is 0.0244 e. The zero-order chi connectivity index (χ0) is 11.4. The van der Waals surface area contributed by atoms with Crippen LogP contribution in [0.3, 0.4) is 0 Å². The van der Waals surface area contributed by atoms with Gasteiger partial charge >= 0.3 is 0 Å². The summed E-state index contributed by atoms with van der Waals surface area (Å²) in [4.78, 5) is 0. The monoisotopic (exact) mass is 212 g/mol. The number of hydrazine groups is 1. The molecule has 0 saturated carbocycles. The van der Waals surface area contributed by atoms with Gasteiger partial charge in [-0.05, 0) is 12.8 Å². The minimum Gasteiger partial charge on any atom is -0.271 e. The molecule has 0 heterocycles. The van der Waals surface area contributed by atoms with Gasteiger partial charge in [-0.15, -0.1) is 6.58 Å². The average molecular weight is 212 g/mol. The molecule has 15 heavy (non-hydrogen) atoms. The fraction of sp³-hybridized carbons (Fsp3) is 0.846. The summed E-state index contributed by atoms with van der Waals surface area (Å²) in [5.41, 5.74) is 2.84. The SMILES string of the molecule is C=CCC(CCCCCCCCC)NN. The molecule has 0 aromatic heterocycles. The zero-order valence-electron chi connectivity index (χ0n) is 10.3. The number of unbranched alkanes of at least 4 members (excludes halogenated alkanes) is 6. The molecule has 90 valence electrons. The second-order valence-electron chi connectivity index (χ2n) is 4.30. The minimum atomic E-state index is 0.429. The van der Waals surface area contributed by atoms with E-state index in [-0.39, 0.29) is 0 Å².